The van der Waals surface area contributed by atoms with E-state index in [9.17, 15) is 18.0 Å². The van der Waals surface area contributed by atoms with E-state index in [1.54, 1.807) is 43.3 Å². The smallest absolute Gasteiger partial charge is 0.264 e. The molecule has 7 nitrogen and oxygen atoms in total. The maximum atomic E-state index is 14.1. The molecule has 0 aliphatic heterocycles. The standard InChI is InChI=1S/C33H41N3O4S/c1-24-14-18-30(19-15-24)36(41(39,40)31-20-16-25(2)17-21-31)23-32(37)35(22-28-11-9-8-10-26(28)3)27(4)33(38)34-29-12-6-5-7-13-29/h8-11,14-21,27,29H,5-7,12-13,22-23H2,1-4H3,(H,34,38)/t27-/m1/s1. The minimum Gasteiger partial charge on any atom is -0.352 e. The van der Waals surface area contributed by atoms with Crippen molar-refractivity contribution in [1.82, 2.24) is 10.2 Å². The first-order valence-corrected chi connectivity index (χ1v) is 15.8. The Kier molecular flexibility index (Phi) is 9.86. The number of rotatable bonds is 10. The SMILES string of the molecule is Cc1ccc(N(CC(=O)N(Cc2ccccc2C)[C@H](C)C(=O)NC2CCCCC2)S(=O)(=O)c2ccc(C)cc2)cc1. The lowest BCUT2D eigenvalue weighted by molar-refractivity contribution is -0.139. The van der Waals surface area contributed by atoms with Crippen LogP contribution in [0.3, 0.4) is 0 Å². The molecule has 1 aliphatic carbocycles. The van der Waals surface area contributed by atoms with Gasteiger partial charge in [0.1, 0.15) is 12.6 Å². The molecule has 0 unspecified atom stereocenters. The van der Waals surface area contributed by atoms with Gasteiger partial charge >= 0.3 is 0 Å². The number of carbonyl (C=O) groups is 2. The molecule has 4 rings (SSSR count). The van der Waals surface area contributed by atoms with Gasteiger partial charge < -0.3 is 10.2 Å². The second kappa shape index (κ2) is 13.3. The predicted molar refractivity (Wildman–Crippen MR) is 163 cm³/mol. The fraction of sp³-hybridized carbons (Fsp3) is 0.394. The second-order valence-corrected chi connectivity index (χ2v) is 13.0. The number of amides is 2. The zero-order valence-electron chi connectivity index (χ0n) is 24.5. The lowest BCUT2D eigenvalue weighted by Gasteiger charge is -2.33. The fourth-order valence-electron chi connectivity index (χ4n) is 5.20. The minimum absolute atomic E-state index is 0.0973. The van der Waals surface area contributed by atoms with Crippen molar-refractivity contribution in [3.63, 3.8) is 0 Å². The molecule has 1 fully saturated rings. The largest absolute Gasteiger partial charge is 0.352 e. The van der Waals surface area contributed by atoms with E-state index in [4.69, 9.17) is 0 Å². The summed E-state index contributed by atoms with van der Waals surface area (Å²) < 4.78 is 29.0. The lowest BCUT2D eigenvalue weighted by atomic mass is 9.95. The van der Waals surface area contributed by atoms with Gasteiger partial charge in [-0.25, -0.2) is 8.42 Å². The van der Waals surface area contributed by atoms with Crippen molar-refractivity contribution >= 4 is 27.5 Å². The van der Waals surface area contributed by atoms with E-state index >= 15 is 0 Å². The van der Waals surface area contributed by atoms with Gasteiger partial charge in [-0.1, -0.05) is 78.9 Å². The van der Waals surface area contributed by atoms with Gasteiger partial charge in [-0.2, -0.15) is 0 Å². The van der Waals surface area contributed by atoms with Crippen molar-refractivity contribution in [2.45, 2.75) is 83.3 Å². The van der Waals surface area contributed by atoms with Crippen LogP contribution in [0.4, 0.5) is 5.69 Å². The Hall–Kier alpha value is -3.65. The van der Waals surface area contributed by atoms with Crippen LogP contribution in [0, 0.1) is 20.8 Å². The molecule has 1 atom stereocenters. The molecule has 218 valence electrons. The molecule has 0 radical (unpaired) electrons. The molecule has 2 amide bonds. The molecule has 8 heteroatoms. The normalized spacial score (nSPS) is 14.7. The summed E-state index contributed by atoms with van der Waals surface area (Å²) >= 11 is 0. The number of carbonyl (C=O) groups excluding carboxylic acids is 2. The maximum absolute atomic E-state index is 14.1. The summed E-state index contributed by atoms with van der Waals surface area (Å²) in [5, 5.41) is 3.14. The molecule has 1 aliphatic rings. The summed E-state index contributed by atoms with van der Waals surface area (Å²) in [4.78, 5) is 29.2. The molecule has 0 bridgehead atoms. The number of anilines is 1. The summed E-state index contributed by atoms with van der Waals surface area (Å²) in [6.45, 7) is 7.25. The third-order valence-corrected chi connectivity index (χ3v) is 9.72. The van der Waals surface area contributed by atoms with E-state index in [0.717, 1.165) is 52.2 Å². The highest BCUT2D eigenvalue weighted by molar-refractivity contribution is 7.92. The van der Waals surface area contributed by atoms with Gasteiger partial charge in [-0.15, -0.1) is 0 Å². The molecule has 1 N–H and O–H groups in total. The molecule has 1 saturated carbocycles. The third-order valence-electron chi connectivity index (χ3n) is 7.93. The van der Waals surface area contributed by atoms with Gasteiger partial charge in [0.25, 0.3) is 10.0 Å². The Bertz CT molecular complexity index is 1450. The Labute approximate surface area is 244 Å². The van der Waals surface area contributed by atoms with E-state index in [0.29, 0.717) is 5.69 Å². The maximum Gasteiger partial charge on any atom is 0.264 e. The van der Waals surface area contributed by atoms with Crippen molar-refractivity contribution in [2.75, 3.05) is 10.8 Å². The van der Waals surface area contributed by atoms with Crippen LogP contribution in [0.2, 0.25) is 0 Å². The molecule has 3 aromatic rings. The molecular weight excluding hydrogens is 534 g/mol. The van der Waals surface area contributed by atoms with Crippen molar-refractivity contribution < 1.29 is 18.0 Å². The number of nitrogens with zero attached hydrogens (tertiary/aromatic N) is 2. The summed E-state index contributed by atoms with van der Waals surface area (Å²) in [6.07, 6.45) is 5.19. The van der Waals surface area contributed by atoms with Crippen LogP contribution in [0.15, 0.2) is 77.7 Å². The summed E-state index contributed by atoms with van der Waals surface area (Å²) in [7, 11) is -4.08. The highest BCUT2D eigenvalue weighted by Crippen LogP contribution is 2.26. The van der Waals surface area contributed by atoms with E-state index in [1.165, 1.54) is 11.3 Å². The Morgan fingerprint density at radius 3 is 2.05 bits per heavy atom. The zero-order chi connectivity index (χ0) is 29.6. The second-order valence-electron chi connectivity index (χ2n) is 11.1. The first-order chi connectivity index (χ1) is 19.6. The first-order valence-electron chi connectivity index (χ1n) is 14.4. The number of hydrogen-bond acceptors (Lipinski definition) is 4. The molecular formula is C33H41N3O4S. The van der Waals surface area contributed by atoms with Gasteiger partial charge in [0.05, 0.1) is 10.6 Å². The number of benzene rings is 3. The third kappa shape index (κ3) is 7.55. The lowest BCUT2D eigenvalue weighted by Crippen LogP contribution is -2.53. The highest BCUT2D eigenvalue weighted by Gasteiger charge is 2.33. The van der Waals surface area contributed by atoms with Gasteiger partial charge in [-0.3, -0.25) is 13.9 Å². The van der Waals surface area contributed by atoms with Gasteiger partial charge in [0, 0.05) is 12.6 Å². The molecule has 0 heterocycles. The van der Waals surface area contributed by atoms with Crippen LogP contribution in [-0.4, -0.2) is 43.8 Å². The molecule has 41 heavy (non-hydrogen) atoms. The zero-order valence-corrected chi connectivity index (χ0v) is 25.3. The molecule has 0 aromatic heterocycles. The monoisotopic (exact) mass is 575 g/mol. The van der Waals surface area contributed by atoms with Crippen molar-refractivity contribution in [2.24, 2.45) is 0 Å². The van der Waals surface area contributed by atoms with E-state index in [2.05, 4.69) is 5.32 Å². The Balaban J connectivity index is 1.68. The summed E-state index contributed by atoms with van der Waals surface area (Å²) in [5.41, 5.74) is 4.19. The number of hydrogen-bond donors (Lipinski definition) is 1. The molecule has 0 spiro atoms. The van der Waals surface area contributed by atoms with Crippen LogP contribution in [-0.2, 0) is 26.2 Å². The van der Waals surface area contributed by atoms with Crippen LogP contribution in [0.1, 0.15) is 61.3 Å². The summed E-state index contributed by atoms with van der Waals surface area (Å²) in [5.74, 6) is -0.669. The van der Waals surface area contributed by atoms with Crippen molar-refractivity contribution in [1.29, 1.82) is 0 Å². The van der Waals surface area contributed by atoms with Gasteiger partial charge in [0.2, 0.25) is 11.8 Å². The minimum atomic E-state index is -4.08. The van der Waals surface area contributed by atoms with Gasteiger partial charge in [0.15, 0.2) is 0 Å². The first kappa shape index (κ1) is 30.3. The number of sulfonamides is 1. The molecule has 3 aromatic carbocycles. The highest BCUT2D eigenvalue weighted by atomic mass is 32.2. The number of nitrogens with one attached hydrogen (secondary N) is 1. The van der Waals surface area contributed by atoms with Crippen LogP contribution in [0.5, 0.6) is 0 Å². The average molecular weight is 576 g/mol. The Morgan fingerprint density at radius 2 is 1.44 bits per heavy atom. The quantitative estimate of drug-likeness (QED) is 0.337. The average Bonchev–Trinajstić information content (AvgIpc) is 2.96. The predicted octanol–water partition coefficient (Wildman–Crippen LogP) is 5.67. The van der Waals surface area contributed by atoms with Crippen LogP contribution >= 0.6 is 0 Å². The van der Waals surface area contributed by atoms with E-state index in [1.807, 2.05) is 57.2 Å². The number of aryl methyl sites for hydroxylation is 3. The topological polar surface area (TPSA) is 86.8 Å². The van der Waals surface area contributed by atoms with E-state index in [-0.39, 0.29) is 23.4 Å². The van der Waals surface area contributed by atoms with Crippen molar-refractivity contribution in [3.05, 3.63) is 95.1 Å². The molecule has 0 saturated heterocycles. The Morgan fingerprint density at radius 1 is 0.854 bits per heavy atom. The van der Waals surface area contributed by atoms with Crippen LogP contribution < -0.4 is 9.62 Å². The van der Waals surface area contributed by atoms with Crippen LogP contribution in [0.25, 0.3) is 0 Å². The van der Waals surface area contributed by atoms with Crippen molar-refractivity contribution in [3.8, 4) is 0 Å². The fourth-order valence-corrected chi connectivity index (χ4v) is 6.61. The van der Waals surface area contributed by atoms with E-state index < -0.39 is 28.5 Å². The van der Waals surface area contributed by atoms with Gasteiger partial charge in [-0.05, 0) is 75.9 Å². The summed E-state index contributed by atoms with van der Waals surface area (Å²) in [6, 6.07) is 20.7.